The Hall–Kier alpha value is -1.58. The van der Waals surface area contributed by atoms with E-state index in [1.165, 1.54) is 0 Å². The lowest BCUT2D eigenvalue weighted by molar-refractivity contribution is 0.253. The smallest absolute Gasteiger partial charge is 0.333 e. The minimum absolute atomic E-state index is 0.0617. The van der Waals surface area contributed by atoms with Gasteiger partial charge in [0.1, 0.15) is 11.7 Å². The Morgan fingerprint density at radius 1 is 1.50 bits per heavy atom. The van der Waals surface area contributed by atoms with Gasteiger partial charge in [-0.15, -0.1) is 0 Å². The van der Waals surface area contributed by atoms with Crippen LogP contribution in [0.4, 0.5) is 5.82 Å². The molecule has 1 fully saturated rings. The maximum Gasteiger partial charge on any atom is 0.333 e. The Bertz CT molecular complexity index is 610. The Labute approximate surface area is 117 Å². The number of rotatable bonds is 5. The number of anilines is 1. The van der Waals surface area contributed by atoms with E-state index in [1.807, 2.05) is 4.57 Å². The molecule has 1 aromatic heterocycles. The summed E-state index contributed by atoms with van der Waals surface area (Å²) in [6, 6.07) is 1.88. The maximum absolute atomic E-state index is 10.8. The first-order valence-corrected chi connectivity index (χ1v) is 7.73. The number of aromatic nitrogens is 1. The van der Waals surface area contributed by atoms with Crippen molar-refractivity contribution < 1.29 is 12.6 Å². The van der Waals surface area contributed by atoms with Crippen molar-refractivity contribution in [2.24, 2.45) is 16.8 Å². The third kappa shape index (κ3) is 3.30. The number of amidine groups is 1. The first-order chi connectivity index (χ1) is 9.28. The van der Waals surface area contributed by atoms with Crippen molar-refractivity contribution in [2.45, 2.75) is 25.3 Å². The largest absolute Gasteiger partial charge is 0.384 e. The molecule has 0 bridgehead atoms. The molecule has 9 heteroatoms. The van der Waals surface area contributed by atoms with Gasteiger partial charge in [-0.05, 0) is 31.2 Å². The Morgan fingerprint density at radius 3 is 2.75 bits per heavy atom. The zero-order chi connectivity index (χ0) is 14.9. The average molecular weight is 301 g/mol. The highest BCUT2D eigenvalue weighted by Crippen LogP contribution is 2.37. The number of nitrogens with one attached hydrogen (secondary N) is 1. The SMILES string of the molecule is N=C(N)c1ccn([C@@H]2CC[C@H](COS(N)(=O)=O)C2)c1N. The van der Waals surface area contributed by atoms with Crippen LogP contribution in [0.3, 0.4) is 0 Å². The van der Waals surface area contributed by atoms with E-state index in [-0.39, 0.29) is 24.4 Å². The highest BCUT2D eigenvalue weighted by atomic mass is 32.2. The average Bonchev–Trinajstić information content (AvgIpc) is 2.91. The van der Waals surface area contributed by atoms with Crippen LogP contribution in [0, 0.1) is 11.3 Å². The fraction of sp³-hybridized carbons (Fsp3) is 0.545. The quantitative estimate of drug-likeness (QED) is 0.443. The molecule has 1 saturated carbocycles. The van der Waals surface area contributed by atoms with Gasteiger partial charge in [0.2, 0.25) is 0 Å². The monoisotopic (exact) mass is 301 g/mol. The summed E-state index contributed by atoms with van der Waals surface area (Å²) in [6.07, 6.45) is 4.27. The molecule has 112 valence electrons. The Morgan fingerprint density at radius 2 is 2.20 bits per heavy atom. The third-order valence-corrected chi connectivity index (χ3v) is 4.09. The summed E-state index contributed by atoms with van der Waals surface area (Å²) in [6.45, 7) is 0.0933. The van der Waals surface area contributed by atoms with Crippen LogP contribution < -0.4 is 16.6 Å². The molecule has 1 aromatic rings. The number of nitrogens with zero attached hydrogens (tertiary/aromatic N) is 1. The summed E-state index contributed by atoms with van der Waals surface area (Å²) < 4.78 is 28.0. The fourth-order valence-corrected chi connectivity index (χ4v) is 3.03. The molecule has 0 radical (unpaired) electrons. The fourth-order valence-electron chi connectivity index (χ4n) is 2.65. The van der Waals surface area contributed by atoms with Crippen LogP contribution in [0.5, 0.6) is 0 Å². The van der Waals surface area contributed by atoms with Crippen LogP contribution in [-0.4, -0.2) is 25.4 Å². The number of nitrogens with two attached hydrogens (primary N) is 3. The molecule has 2 atom stereocenters. The molecule has 0 saturated heterocycles. The summed E-state index contributed by atoms with van der Waals surface area (Å²) in [5.74, 6) is 0.532. The normalized spacial score (nSPS) is 23.1. The van der Waals surface area contributed by atoms with Gasteiger partial charge in [-0.3, -0.25) is 9.59 Å². The molecule has 1 aliphatic rings. The number of nitrogen functional groups attached to an aromatic ring is 2. The molecule has 0 spiro atoms. The van der Waals surface area contributed by atoms with Crippen molar-refractivity contribution in [3.63, 3.8) is 0 Å². The molecule has 1 aliphatic carbocycles. The summed E-state index contributed by atoms with van der Waals surface area (Å²) in [5, 5.41) is 12.2. The summed E-state index contributed by atoms with van der Waals surface area (Å²) in [7, 11) is -3.89. The van der Waals surface area contributed by atoms with Gasteiger partial charge in [-0.2, -0.15) is 8.42 Å². The van der Waals surface area contributed by atoms with Gasteiger partial charge >= 0.3 is 10.3 Å². The van der Waals surface area contributed by atoms with Gasteiger partial charge in [-0.1, -0.05) is 0 Å². The lowest BCUT2D eigenvalue weighted by Gasteiger charge is -2.15. The van der Waals surface area contributed by atoms with E-state index in [0.29, 0.717) is 11.4 Å². The van der Waals surface area contributed by atoms with E-state index < -0.39 is 10.3 Å². The maximum atomic E-state index is 10.8. The molecule has 2 rings (SSSR count). The minimum atomic E-state index is -3.89. The summed E-state index contributed by atoms with van der Waals surface area (Å²) in [5.41, 5.74) is 11.9. The highest BCUT2D eigenvalue weighted by Gasteiger charge is 2.28. The highest BCUT2D eigenvalue weighted by molar-refractivity contribution is 7.84. The zero-order valence-electron chi connectivity index (χ0n) is 11.0. The number of hydrogen-bond acceptors (Lipinski definition) is 5. The van der Waals surface area contributed by atoms with Crippen LogP contribution in [0.1, 0.15) is 30.9 Å². The lowest BCUT2D eigenvalue weighted by Crippen LogP contribution is -2.20. The predicted molar refractivity (Wildman–Crippen MR) is 75.3 cm³/mol. The molecule has 0 unspecified atom stereocenters. The van der Waals surface area contributed by atoms with E-state index in [0.717, 1.165) is 19.3 Å². The molecule has 0 aromatic carbocycles. The van der Waals surface area contributed by atoms with Gasteiger partial charge in [0.25, 0.3) is 0 Å². The molecule has 0 amide bonds. The standard InChI is InChI=1S/C11H19N5O3S/c12-10(13)9-3-4-16(11(9)14)8-2-1-7(5-8)6-19-20(15,17)18/h3-4,7-8H,1-2,5-6,14H2,(H3,12,13)(H2,15,17,18)/t7-,8+/m0/s1. The van der Waals surface area contributed by atoms with Crippen molar-refractivity contribution in [1.29, 1.82) is 5.41 Å². The first kappa shape index (κ1) is 14.8. The van der Waals surface area contributed by atoms with Crippen molar-refractivity contribution in [2.75, 3.05) is 12.3 Å². The van der Waals surface area contributed by atoms with Crippen LogP contribution >= 0.6 is 0 Å². The van der Waals surface area contributed by atoms with E-state index in [2.05, 4.69) is 4.18 Å². The summed E-state index contributed by atoms with van der Waals surface area (Å²) in [4.78, 5) is 0. The van der Waals surface area contributed by atoms with Gasteiger partial charge in [0.15, 0.2) is 0 Å². The third-order valence-electron chi connectivity index (χ3n) is 3.62. The van der Waals surface area contributed by atoms with Crippen LogP contribution in [0.25, 0.3) is 0 Å². The van der Waals surface area contributed by atoms with E-state index in [1.54, 1.807) is 12.3 Å². The molecular weight excluding hydrogens is 282 g/mol. The van der Waals surface area contributed by atoms with E-state index >= 15 is 0 Å². The van der Waals surface area contributed by atoms with Crippen LogP contribution in [0.2, 0.25) is 0 Å². The van der Waals surface area contributed by atoms with Crippen LogP contribution in [-0.2, 0) is 14.5 Å². The second kappa shape index (κ2) is 5.43. The lowest BCUT2D eigenvalue weighted by atomic mass is 10.1. The summed E-state index contributed by atoms with van der Waals surface area (Å²) >= 11 is 0. The molecule has 8 nitrogen and oxygen atoms in total. The molecular formula is C11H19N5O3S. The minimum Gasteiger partial charge on any atom is -0.384 e. The van der Waals surface area contributed by atoms with E-state index in [9.17, 15) is 8.42 Å². The molecule has 7 N–H and O–H groups in total. The molecule has 20 heavy (non-hydrogen) atoms. The molecule has 1 heterocycles. The second-order valence-electron chi connectivity index (χ2n) is 5.05. The molecule has 0 aliphatic heterocycles. The second-order valence-corrected chi connectivity index (χ2v) is 6.27. The van der Waals surface area contributed by atoms with Crippen LogP contribution in [0.15, 0.2) is 12.3 Å². The first-order valence-electron chi connectivity index (χ1n) is 6.25. The van der Waals surface area contributed by atoms with Gasteiger partial charge in [0, 0.05) is 12.2 Å². The number of hydrogen-bond donors (Lipinski definition) is 4. The van der Waals surface area contributed by atoms with Gasteiger partial charge < -0.3 is 16.0 Å². The van der Waals surface area contributed by atoms with Crippen molar-refractivity contribution in [3.05, 3.63) is 17.8 Å². The Balaban J connectivity index is 2.01. The zero-order valence-corrected chi connectivity index (χ0v) is 11.8. The Kier molecular flexibility index (Phi) is 4.02. The van der Waals surface area contributed by atoms with E-state index in [4.69, 9.17) is 22.0 Å². The van der Waals surface area contributed by atoms with Crippen molar-refractivity contribution >= 4 is 22.0 Å². The van der Waals surface area contributed by atoms with Crippen molar-refractivity contribution in [1.82, 2.24) is 4.57 Å². The topological polar surface area (TPSA) is 150 Å². The van der Waals surface area contributed by atoms with Crippen molar-refractivity contribution in [3.8, 4) is 0 Å². The van der Waals surface area contributed by atoms with Gasteiger partial charge in [-0.25, -0.2) is 5.14 Å². The van der Waals surface area contributed by atoms with Gasteiger partial charge in [0.05, 0.1) is 12.2 Å². The predicted octanol–water partition coefficient (Wildman–Crippen LogP) is -0.0843.